The predicted octanol–water partition coefficient (Wildman–Crippen LogP) is 2.52. The van der Waals surface area contributed by atoms with Crippen LogP contribution in [0.25, 0.3) is 0 Å². The molecule has 2 aromatic carbocycles. The van der Waals surface area contributed by atoms with Crippen molar-refractivity contribution in [3.05, 3.63) is 59.2 Å². The van der Waals surface area contributed by atoms with Gasteiger partial charge in [-0.05, 0) is 23.3 Å². The Morgan fingerprint density at radius 2 is 1.58 bits per heavy atom. The van der Waals surface area contributed by atoms with Crippen LogP contribution in [-0.4, -0.2) is 69.2 Å². The Bertz CT molecular complexity index is 910. The smallest absolute Gasteiger partial charge is 0.317 e. The zero-order valence-corrected chi connectivity index (χ0v) is 18.2. The highest BCUT2D eigenvalue weighted by molar-refractivity contribution is 5.97. The second-order valence-corrected chi connectivity index (χ2v) is 7.21. The third-order valence-electron chi connectivity index (χ3n) is 5.34. The summed E-state index contributed by atoms with van der Waals surface area (Å²) in [4.78, 5) is 29.0. The second kappa shape index (κ2) is 10.7. The van der Waals surface area contributed by atoms with Crippen LogP contribution < -0.4 is 14.8 Å². The summed E-state index contributed by atoms with van der Waals surface area (Å²) in [5.74, 6) is 0.981. The fourth-order valence-electron chi connectivity index (χ4n) is 3.57. The van der Waals surface area contributed by atoms with Gasteiger partial charge in [-0.2, -0.15) is 0 Å². The van der Waals surface area contributed by atoms with Crippen LogP contribution in [0.3, 0.4) is 0 Å². The summed E-state index contributed by atoms with van der Waals surface area (Å²) in [6.07, 6.45) is 0. The van der Waals surface area contributed by atoms with Gasteiger partial charge in [0.1, 0.15) is 11.5 Å². The number of rotatable bonds is 7. The Kier molecular flexibility index (Phi) is 7.72. The van der Waals surface area contributed by atoms with E-state index < -0.39 is 0 Å². The minimum atomic E-state index is -0.138. The van der Waals surface area contributed by atoms with E-state index >= 15 is 0 Å². The van der Waals surface area contributed by atoms with Crippen molar-refractivity contribution in [2.45, 2.75) is 13.2 Å². The molecule has 8 heteroatoms. The van der Waals surface area contributed by atoms with E-state index in [1.807, 2.05) is 24.3 Å². The maximum Gasteiger partial charge on any atom is 0.317 e. The van der Waals surface area contributed by atoms with E-state index in [1.165, 1.54) is 7.11 Å². The Labute approximate surface area is 182 Å². The van der Waals surface area contributed by atoms with Gasteiger partial charge in [0.15, 0.2) is 0 Å². The van der Waals surface area contributed by atoms with Crippen molar-refractivity contribution in [3.8, 4) is 11.5 Å². The van der Waals surface area contributed by atoms with E-state index in [9.17, 15) is 9.59 Å². The molecule has 1 aliphatic rings. The van der Waals surface area contributed by atoms with Crippen molar-refractivity contribution < 1.29 is 23.8 Å². The van der Waals surface area contributed by atoms with Crippen LogP contribution in [0.4, 0.5) is 4.79 Å². The number of piperazine rings is 1. The summed E-state index contributed by atoms with van der Waals surface area (Å²) in [5, 5.41) is 2.97. The number of carbonyl (C=O) groups excluding carboxylic acids is 2. The van der Waals surface area contributed by atoms with Gasteiger partial charge in [-0.15, -0.1) is 0 Å². The SMILES string of the molecule is COCc1ccccc1CNC(=O)N1CCN(C(=O)c2ccc(OC)cc2OC)CC1. The lowest BCUT2D eigenvalue weighted by Crippen LogP contribution is -2.53. The Hall–Kier alpha value is -3.26. The molecule has 0 bridgehead atoms. The molecule has 0 atom stereocenters. The number of nitrogens with zero attached hydrogens (tertiary/aromatic N) is 2. The van der Waals surface area contributed by atoms with Gasteiger partial charge in [0.2, 0.25) is 0 Å². The normalized spacial score (nSPS) is 13.6. The zero-order valence-electron chi connectivity index (χ0n) is 18.2. The van der Waals surface area contributed by atoms with Gasteiger partial charge in [-0.1, -0.05) is 24.3 Å². The molecule has 3 rings (SSSR count). The second-order valence-electron chi connectivity index (χ2n) is 7.21. The molecule has 0 radical (unpaired) electrons. The van der Waals surface area contributed by atoms with Crippen LogP contribution >= 0.6 is 0 Å². The summed E-state index contributed by atoms with van der Waals surface area (Å²) in [6, 6.07) is 12.9. The van der Waals surface area contributed by atoms with Crippen molar-refractivity contribution >= 4 is 11.9 Å². The van der Waals surface area contributed by atoms with Crippen LogP contribution in [-0.2, 0) is 17.9 Å². The molecule has 3 amide bonds. The number of hydrogen-bond acceptors (Lipinski definition) is 5. The highest BCUT2D eigenvalue weighted by atomic mass is 16.5. The summed E-state index contributed by atoms with van der Waals surface area (Å²) in [5.41, 5.74) is 2.56. The molecule has 0 unspecified atom stereocenters. The van der Waals surface area contributed by atoms with Crippen molar-refractivity contribution in [3.63, 3.8) is 0 Å². The Morgan fingerprint density at radius 3 is 2.23 bits per heavy atom. The van der Waals surface area contributed by atoms with E-state index in [2.05, 4.69) is 5.32 Å². The quantitative estimate of drug-likeness (QED) is 0.735. The maximum absolute atomic E-state index is 12.9. The van der Waals surface area contributed by atoms with E-state index in [0.717, 1.165) is 11.1 Å². The lowest BCUT2D eigenvalue weighted by molar-refractivity contribution is 0.0661. The summed E-state index contributed by atoms with van der Waals surface area (Å²) in [6.45, 7) is 2.79. The molecular formula is C23H29N3O5. The molecule has 1 aliphatic heterocycles. The molecule has 1 fully saturated rings. The van der Waals surface area contributed by atoms with Gasteiger partial charge in [-0.3, -0.25) is 4.79 Å². The lowest BCUT2D eigenvalue weighted by atomic mass is 10.1. The fourth-order valence-corrected chi connectivity index (χ4v) is 3.57. The molecule has 1 heterocycles. The molecule has 166 valence electrons. The number of methoxy groups -OCH3 is 3. The molecule has 0 aliphatic carbocycles. The number of nitrogens with one attached hydrogen (secondary N) is 1. The lowest BCUT2D eigenvalue weighted by Gasteiger charge is -2.35. The molecule has 0 aromatic heterocycles. The molecule has 0 saturated carbocycles. The van der Waals surface area contributed by atoms with Crippen LogP contribution in [0.1, 0.15) is 21.5 Å². The van der Waals surface area contributed by atoms with Crippen molar-refractivity contribution in [2.75, 3.05) is 47.5 Å². The molecule has 8 nitrogen and oxygen atoms in total. The predicted molar refractivity (Wildman–Crippen MR) is 116 cm³/mol. The minimum absolute atomic E-state index is 0.118. The zero-order chi connectivity index (χ0) is 22.2. The third-order valence-corrected chi connectivity index (χ3v) is 5.34. The highest BCUT2D eigenvalue weighted by Crippen LogP contribution is 2.26. The first kappa shape index (κ1) is 22.4. The van der Waals surface area contributed by atoms with Crippen LogP contribution in [0.5, 0.6) is 11.5 Å². The molecule has 0 spiro atoms. The van der Waals surface area contributed by atoms with E-state index in [4.69, 9.17) is 14.2 Å². The molecule has 1 saturated heterocycles. The first-order valence-corrected chi connectivity index (χ1v) is 10.2. The molecule has 31 heavy (non-hydrogen) atoms. The highest BCUT2D eigenvalue weighted by Gasteiger charge is 2.26. The first-order chi connectivity index (χ1) is 15.1. The average Bonchev–Trinajstić information content (AvgIpc) is 2.82. The monoisotopic (exact) mass is 427 g/mol. The summed E-state index contributed by atoms with van der Waals surface area (Å²) < 4.78 is 15.8. The fraction of sp³-hybridized carbons (Fsp3) is 0.391. The number of ether oxygens (including phenoxy) is 3. The Balaban J connectivity index is 1.55. The van der Waals surface area contributed by atoms with Gasteiger partial charge in [0.25, 0.3) is 5.91 Å². The van der Waals surface area contributed by atoms with Gasteiger partial charge in [-0.25, -0.2) is 4.79 Å². The van der Waals surface area contributed by atoms with Crippen molar-refractivity contribution in [1.29, 1.82) is 0 Å². The standard InChI is InChI=1S/C23H29N3O5/c1-29-16-18-7-5-4-6-17(18)15-24-23(28)26-12-10-25(11-13-26)22(27)20-9-8-19(30-2)14-21(20)31-3/h4-9,14H,10-13,15-16H2,1-3H3,(H,24,28). The molecular weight excluding hydrogens is 398 g/mol. The average molecular weight is 428 g/mol. The number of urea groups is 1. The number of amides is 3. The number of carbonyl (C=O) groups is 2. The van der Waals surface area contributed by atoms with E-state index in [1.54, 1.807) is 42.2 Å². The Morgan fingerprint density at radius 1 is 0.903 bits per heavy atom. The van der Waals surface area contributed by atoms with Gasteiger partial charge < -0.3 is 29.3 Å². The van der Waals surface area contributed by atoms with Gasteiger partial charge >= 0.3 is 6.03 Å². The van der Waals surface area contributed by atoms with E-state index in [-0.39, 0.29) is 11.9 Å². The van der Waals surface area contributed by atoms with Crippen LogP contribution in [0, 0.1) is 0 Å². The topological polar surface area (TPSA) is 80.3 Å². The van der Waals surface area contributed by atoms with Crippen LogP contribution in [0.2, 0.25) is 0 Å². The minimum Gasteiger partial charge on any atom is -0.497 e. The van der Waals surface area contributed by atoms with Crippen molar-refractivity contribution in [1.82, 2.24) is 15.1 Å². The van der Waals surface area contributed by atoms with Gasteiger partial charge in [0, 0.05) is 45.9 Å². The summed E-state index contributed by atoms with van der Waals surface area (Å²) >= 11 is 0. The molecule has 2 aromatic rings. The largest absolute Gasteiger partial charge is 0.497 e. The van der Waals surface area contributed by atoms with Gasteiger partial charge in [0.05, 0.1) is 26.4 Å². The number of hydrogen-bond donors (Lipinski definition) is 1. The third kappa shape index (κ3) is 5.46. The first-order valence-electron chi connectivity index (χ1n) is 10.2. The maximum atomic E-state index is 12.9. The van der Waals surface area contributed by atoms with Crippen LogP contribution in [0.15, 0.2) is 42.5 Å². The van der Waals surface area contributed by atoms with E-state index in [0.29, 0.717) is 56.4 Å². The van der Waals surface area contributed by atoms with Crippen molar-refractivity contribution in [2.24, 2.45) is 0 Å². The molecule has 1 N–H and O–H groups in total. The number of benzene rings is 2. The summed E-state index contributed by atoms with van der Waals surface area (Å²) in [7, 11) is 4.74.